The van der Waals surface area contributed by atoms with E-state index in [4.69, 9.17) is 9.47 Å². The van der Waals surface area contributed by atoms with Crippen LogP contribution in [0.3, 0.4) is 0 Å². The zero-order valence-corrected chi connectivity index (χ0v) is 21.2. The number of quaternary nitrogens is 1. The number of hydrogen-bond donors (Lipinski definition) is 3. The number of hydrogen-bond acceptors (Lipinski definition) is 4. The standard InChI is InChI=1S/C30H30N2O5/c1-32(18-23-9-6-10-27(37-3)28(23)30(34)35)19-24-15-21-7-4-5-8-22(21)16-26(24)29(33)31-17-20-11-13-25(36-2)14-12-20/h4-16H,17-19H2,1-3H3,(H,31,33)(H,34,35)/p+1. The molecule has 0 saturated carbocycles. The Kier molecular flexibility index (Phi) is 8.05. The summed E-state index contributed by atoms with van der Waals surface area (Å²) in [5.41, 5.74) is 3.31. The second-order valence-electron chi connectivity index (χ2n) is 9.00. The topological polar surface area (TPSA) is 89.3 Å². The molecule has 37 heavy (non-hydrogen) atoms. The monoisotopic (exact) mass is 499 g/mol. The predicted octanol–water partition coefficient (Wildman–Crippen LogP) is 3.70. The zero-order chi connectivity index (χ0) is 26.4. The van der Waals surface area contributed by atoms with E-state index in [-0.39, 0.29) is 11.5 Å². The van der Waals surface area contributed by atoms with Gasteiger partial charge in [0.1, 0.15) is 30.2 Å². The van der Waals surface area contributed by atoms with Crippen LogP contribution in [0, 0.1) is 0 Å². The number of aromatic carboxylic acids is 1. The molecule has 7 heteroatoms. The van der Waals surface area contributed by atoms with Crippen LogP contribution in [0.5, 0.6) is 11.5 Å². The van der Waals surface area contributed by atoms with Gasteiger partial charge in [-0.2, -0.15) is 0 Å². The maximum Gasteiger partial charge on any atom is 0.339 e. The van der Waals surface area contributed by atoms with E-state index in [1.165, 1.54) is 7.11 Å². The van der Waals surface area contributed by atoms with Crippen molar-refractivity contribution in [3.8, 4) is 11.5 Å². The minimum Gasteiger partial charge on any atom is -0.497 e. The molecule has 0 saturated heterocycles. The number of carbonyl (C=O) groups is 2. The molecule has 0 aliphatic heterocycles. The Morgan fingerprint density at radius 1 is 0.838 bits per heavy atom. The summed E-state index contributed by atoms with van der Waals surface area (Å²) in [6.07, 6.45) is 0. The van der Waals surface area contributed by atoms with Crippen molar-refractivity contribution in [1.29, 1.82) is 0 Å². The summed E-state index contributed by atoms with van der Waals surface area (Å²) in [6.45, 7) is 1.38. The smallest absolute Gasteiger partial charge is 0.339 e. The summed E-state index contributed by atoms with van der Waals surface area (Å²) in [5, 5.41) is 14.8. The van der Waals surface area contributed by atoms with Gasteiger partial charge >= 0.3 is 5.97 Å². The van der Waals surface area contributed by atoms with Gasteiger partial charge in [0.15, 0.2) is 0 Å². The maximum absolute atomic E-state index is 13.3. The highest BCUT2D eigenvalue weighted by atomic mass is 16.5. The first-order valence-corrected chi connectivity index (χ1v) is 12.0. The molecule has 1 atom stereocenters. The van der Waals surface area contributed by atoms with Gasteiger partial charge in [0.2, 0.25) is 0 Å². The van der Waals surface area contributed by atoms with Gasteiger partial charge < -0.3 is 24.8 Å². The molecular formula is C30H31N2O5+. The summed E-state index contributed by atoms with van der Waals surface area (Å²) in [4.78, 5) is 26.3. The number of fused-ring (bicyclic) bond motifs is 1. The summed E-state index contributed by atoms with van der Waals surface area (Å²) in [7, 11) is 5.07. The van der Waals surface area contributed by atoms with Crippen molar-refractivity contribution >= 4 is 22.6 Å². The molecule has 4 aromatic rings. The van der Waals surface area contributed by atoms with E-state index in [0.717, 1.165) is 32.5 Å². The highest BCUT2D eigenvalue weighted by Gasteiger charge is 2.21. The zero-order valence-electron chi connectivity index (χ0n) is 21.2. The summed E-state index contributed by atoms with van der Waals surface area (Å²) in [5.74, 6) is -0.0800. The van der Waals surface area contributed by atoms with Crippen molar-refractivity contribution in [2.24, 2.45) is 0 Å². The van der Waals surface area contributed by atoms with Crippen LogP contribution in [0.25, 0.3) is 10.8 Å². The molecule has 1 amide bonds. The second kappa shape index (κ2) is 11.6. The third-order valence-electron chi connectivity index (χ3n) is 6.36. The van der Waals surface area contributed by atoms with Gasteiger partial charge in [-0.1, -0.05) is 48.5 Å². The third-order valence-corrected chi connectivity index (χ3v) is 6.36. The Labute approximate surface area is 216 Å². The number of carbonyl (C=O) groups excluding carboxylic acids is 1. The first-order valence-electron chi connectivity index (χ1n) is 12.0. The number of carboxylic acid groups (broad SMARTS) is 1. The second-order valence-corrected chi connectivity index (χ2v) is 9.00. The highest BCUT2D eigenvalue weighted by Crippen LogP contribution is 2.23. The molecule has 0 heterocycles. The lowest BCUT2D eigenvalue weighted by Crippen LogP contribution is -3.06. The molecule has 0 radical (unpaired) electrons. The SMILES string of the molecule is COc1ccc(CNC(=O)c2cc3ccccc3cc2C[NH+](C)Cc2cccc(OC)c2C(=O)O)cc1. The Balaban J connectivity index is 1.58. The number of carboxylic acids is 1. The number of nitrogens with one attached hydrogen (secondary N) is 2. The van der Waals surface area contributed by atoms with E-state index >= 15 is 0 Å². The number of rotatable bonds is 10. The van der Waals surface area contributed by atoms with Crippen LogP contribution in [0.1, 0.15) is 37.4 Å². The lowest BCUT2D eigenvalue weighted by atomic mass is 9.99. The average molecular weight is 500 g/mol. The molecule has 7 nitrogen and oxygen atoms in total. The normalized spacial score (nSPS) is 11.6. The number of benzene rings is 4. The summed E-state index contributed by atoms with van der Waals surface area (Å²) < 4.78 is 10.5. The van der Waals surface area contributed by atoms with Gasteiger partial charge in [0.05, 0.1) is 21.3 Å². The fraction of sp³-hybridized carbons (Fsp3) is 0.200. The van der Waals surface area contributed by atoms with Crippen LogP contribution >= 0.6 is 0 Å². The first kappa shape index (κ1) is 25.7. The molecule has 0 aliphatic rings. The van der Waals surface area contributed by atoms with Gasteiger partial charge in [-0.15, -0.1) is 0 Å². The molecule has 0 aromatic heterocycles. The third kappa shape index (κ3) is 6.08. The molecule has 0 bridgehead atoms. The minimum atomic E-state index is -1.02. The van der Waals surface area contributed by atoms with Crippen molar-refractivity contribution < 1.29 is 29.1 Å². The van der Waals surface area contributed by atoms with Crippen LogP contribution < -0.4 is 19.7 Å². The fourth-order valence-corrected chi connectivity index (χ4v) is 4.52. The molecule has 190 valence electrons. The average Bonchev–Trinajstić information content (AvgIpc) is 2.91. The van der Waals surface area contributed by atoms with Crippen LogP contribution in [-0.4, -0.2) is 38.3 Å². The summed E-state index contributed by atoms with van der Waals surface area (Å²) in [6, 6.07) is 24.7. The molecule has 0 fully saturated rings. The number of amides is 1. The van der Waals surface area contributed by atoms with Gasteiger partial charge in [-0.3, -0.25) is 4.79 Å². The molecule has 4 rings (SSSR count). The van der Waals surface area contributed by atoms with Crippen molar-refractivity contribution in [1.82, 2.24) is 5.32 Å². The van der Waals surface area contributed by atoms with Crippen LogP contribution in [0.2, 0.25) is 0 Å². The van der Waals surface area contributed by atoms with Crippen LogP contribution in [0.4, 0.5) is 0 Å². The van der Waals surface area contributed by atoms with Gasteiger partial charge in [0, 0.05) is 23.2 Å². The highest BCUT2D eigenvalue weighted by molar-refractivity contribution is 6.00. The molecule has 0 aliphatic carbocycles. The van der Waals surface area contributed by atoms with E-state index in [0.29, 0.717) is 36.5 Å². The van der Waals surface area contributed by atoms with E-state index in [9.17, 15) is 14.7 Å². The van der Waals surface area contributed by atoms with Crippen molar-refractivity contribution in [3.05, 3.63) is 107 Å². The Bertz CT molecular complexity index is 1420. The Morgan fingerprint density at radius 3 is 2.16 bits per heavy atom. The van der Waals surface area contributed by atoms with Crippen LogP contribution in [-0.2, 0) is 19.6 Å². The van der Waals surface area contributed by atoms with E-state index in [2.05, 4.69) is 5.32 Å². The van der Waals surface area contributed by atoms with E-state index in [1.807, 2.05) is 67.7 Å². The molecule has 3 N–H and O–H groups in total. The summed E-state index contributed by atoms with van der Waals surface area (Å²) >= 11 is 0. The van der Waals surface area contributed by atoms with Gasteiger partial charge in [-0.25, -0.2) is 4.79 Å². The molecular weight excluding hydrogens is 468 g/mol. The first-order chi connectivity index (χ1) is 17.9. The van der Waals surface area contributed by atoms with Crippen molar-refractivity contribution in [2.45, 2.75) is 19.6 Å². The van der Waals surface area contributed by atoms with Crippen molar-refractivity contribution in [2.75, 3.05) is 21.3 Å². The van der Waals surface area contributed by atoms with Gasteiger partial charge in [0.25, 0.3) is 5.91 Å². The van der Waals surface area contributed by atoms with Crippen LogP contribution in [0.15, 0.2) is 78.9 Å². The van der Waals surface area contributed by atoms with E-state index < -0.39 is 5.97 Å². The molecule has 1 unspecified atom stereocenters. The lowest BCUT2D eigenvalue weighted by Gasteiger charge is -2.19. The largest absolute Gasteiger partial charge is 0.497 e. The Morgan fingerprint density at radius 2 is 1.51 bits per heavy atom. The quantitative estimate of drug-likeness (QED) is 0.310. The number of ether oxygens (including phenoxy) is 2. The fourth-order valence-electron chi connectivity index (χ4n) is 4.52. The van der Waals surface area contributed by atoms with E-state index in [1.54, 1.807) is 25.3 Å². The predicted molar refractivity (Wildman–Crippen MR) is 142 cm³/mol. The Hall–Kier alpha value is -4.36. The molecule has 0 spiro atoms. The maximum atomic E-state index is 13.3. The van der Waals surface area contributed by atoms with Crippen molar-refractivity contribution in [3.63, 3.8) is 0 Å². The lowest BCUT2D eigenvalue weighted by molar-refractivity contribution is -0.907. The number of methoxy groups -OCH3 is 2. The van der Waals surface area contributed by atoms with Gasteiger partial charge in [-0.05, 0) is 46.7 Å². The molecule has 4 aromatic carbocycles. The minimum absolute atomic E-state index is 0.156.